The fourth-order valence-corrected chi connectivity index (χ4v) is 1.02. The molecule has 16 heavy (non-hydrogen) atoms. The Bertz CT molecular complexity index is 483. The molecule has 1 aromatic carbocycles. The number of carbonyl (C=O) groups excluding carboxylic acids is 1. The highest BCUT2D eigenvalue weighted by atomic mass is 16.4. The van der Waals surface area contributed by atoms with Gasteiger partial charge in [0.15, 0.2) is 0 Å². The number of benzene rings is 1. The predicted octanol–water partition coefficient (Wildman–Crippen LogP) is 1.25. The average Bonchev–Trinajstić information content (AvgIpc) is 2.26. The lowest BCUT2D eigenvalue weighted by molar-refractivity contribution is -0.131. The van der Waals surface area contributed by atoms with Gasteiger partial charge in [-0.3, -0.25) is 4.79 Å². The highest BCUT2D eigenvalue weighted by Gasteiger charge is 1.98. The molecule has 1 rings (SSSR count). The summed E-state index contributed by atoms with van der Waals surface area (Å²) in [5, 5.41) is 10.8. The predicted molar refractivity (Wildman–Crippen MR) is 59.8 cm³/mol. The number of carbonyl (C=O) groups is 2. The average molecular weight is 215 g/mol. The van der Waals surface area contributed by atoms with Gasteiger partial charge in [-0.05, 0) is 18.2 Å². The van der Waals surface area contributed by atoms with Gasteiger partial charge in [-0.2, -0.15) is 0 Å². The first-order valence-corrected chi connectivity index (χ1v) is 4.40. The lowest BCUT2D eigenvalue weighted by atomic mass is 10.2. The van der Waals surface area contributed by atoms with Gasteiger partial charge in [0, 0.05) is 23.4 Å². The lowest BCUT2D eigenvalue weighted by Crippen LogP contribution is -2.08. The Morgan fingerprint density at radius 3 is 2.75 bits per heavy atom. The summed E-state index contributed by atoms with van der Waals surface area (Å²) in [6.45, 7) is 0. The second-order valence-electron chi connectivity index (χ2n) is 2.89. The minimum atomic E-state index is -1.17. The first kappa shape index (κ1) is 11.5. The molecule has 0 unspecified atom stereocenters. The summed E-state index contributed by atoms with van der Waals surface area (Å²) in [6.07, 6.45) is 6.89. The molecule has 0 heterocycles. The van der Waals surface area contributed by atoms with Crippen LogP contribution in [0.25, 0.3) is 0 Å². The minimum Gasteiger partial charge on any atom is -0.478 e. The molecule has 0 atom stereocenters. The topological polar surface area (TPSA) is 66.4 Å². The smallest absolute Gasteiger partial charge is 0.328 e. The first-order valence-electron chi connectivity index (χ1n) is 4.40. The molecule has 0 aromatic heterocycles. The molecular formula is C12H9NO3. The molecule has 0 radical (unpaired) electrons. The van der Waals surface area contributed by atoms with Crippen LogP contribution in [0.4, 0.5) is 5.69 Å². The number of carboxylic acid groups (broad SMARTS) is 1. The van der Waals surface area contributed by atoms with E-state index in [1.54, 1.807) is 24.3 Å². The van der Waals surface area contributed by atoms with Crippen molar-refractivity contribution < 1.29 is 14.7 Å². The van der Waals surface area contributed by atoms with Crippen molar-refractivity contribution in [2.45, 2.75) is 0 Å². The molecule has 0 aliphatic heterocycles. The molecule has 1 aromatic rings. The van der Waals surface area contributed by atoms with Crippen LogP contribution in [0.15, 0.2) is 36.4 Å². The van der Waals surface area contributed by atoms with Crippen molar-refractivity contribution in [2.24, 2.45) is 0 Å². The van der Waals surface area contributed by atoms with Crippen LogP contribution in [0.2, 0.25) is 0 Å². The highest BCUT2D eigenvalue weighted by molar-refractivity contribution is 6.02. The standard InChI is InChI=1S/C12H9NO3/c1-2-9-4-3-5-10(8-9)13-11(14)6-7-12(15)16/h1,3-8H,(H,13,14)(H,15,16). The Morgan fingerprint density at radius 2 is 2.12 bits per heavy atom. The van der Waals surface area contributed by atoms with Gasteiger partial charge in [-0.25, -0.2) is 4.79 Å². The van der Waals surface area contributed by atoms with Crippen molar-refractivity contribution in [3.05, 3.63) is 42.0 Å². The molecule has 0 aliphatic rings. The molecule has 0 fully saturated rings. The van der Waals surface area contributed by atoms with Gasteiger partial charge in [-0.1, -0.05) is 12.0 Å². The van der Waals surface area contributed by atoms with Crippen molar-refractivity contribution in [3.8, 4) is 12.3 Å². The fraction of sp³-hybridized carbons (Fsp3) is 0. The van der Waals surface area contributed by atoms with E-state index in [0.29, 0.717) is 11.3 Å². The van der Waals surface area contributed by atoms with Crippen molar-refractivity contribution in [1.29, 1.82) is 0 Å². The van der Waals surface area contributed by atoms with Crippen LogP contribution in [-0.2, 0) is 9.59 Å². The summed E-state index contributed by atoms with van der Waals surface area (Å²) >= 11 is 0. The third kappa shape index (κ3) is 3.68. The van der Waals surface area contributed by atoms with Crippen LogP contribution >= 0.6 is 0 Å². The zero-order valence-electron chi connectivity index (χ0n) is 8.31. The van der Waals surface area contributed by atoms with Crippen molar-refractivity contribution in [1.82, 2.24) is 0 Å². The SMILES string of the molecule is C#Cc1cccc(NC(=O)C=CC(=O)O)c1. The maximum atomic E-state index is 11.2. The van der Waals surface area contributed by atoms with E-state index in [1.807, 2.05) is 0 Å². The van der Waals surface area contributed by atoms with Crippen LogP contribution in [0.5, 0.6) is 0 Å². The van der Waals surface area contributed by atoms with Crippen molar-refractivity contribution in [3.63, 3.8) is 0 Å². The van der Waals surface area contributed by atoms with Gasteiger partial charge in [0.05, 0.1) is 0 Å². The minimum absolute atomic E-state index is 0.517. The first-order chi connectivity index (χ1) is 7.61. The molecule has 0 saturated heterocycles. The summed E-state index contributed by atoms with van der Waals surface area (Å²) in [7, 11) is 0. The summed E-state index contributed by atoms with van der Waals surface area (Å²) in [5.41, 5.74) is 1.16. The van der Waals surface area contributed by atoms with Crippen molar-refractivity contribution >= 4 is 17.6 Å². The zero-order chi connectivity index (χ0) is 12.0. The van der Waals surface area contributed by atoms with E-state index in [0.717, 1.165) is 12.2 Å². The molecule has 0 saturated carbocycles. The van der Waals surface area contributed by atoms with Crippen LogP contribution in [-0.4, -0.2) is 17.0 Å². The van der Waals surface area contributed by atoms with E-state index in [2.05, 4.69) is 11.2 Å². The maximum absolute atomic E-state index is 11.2. The second-order valence-corrected chi connectivity index (χ2v) is 2.89. The summed E-state index contributed by atoms with van der Waals surface area (Å²) in [4.78, 5) is 21.4. The second kappa shape index (κ2) is 5.37. The van der Waals surface area contributed by atoms with Crippen molar-refractivity contribution in [2.75, 3.05) is 5.32 Å². The normalized spacial score (nSPS) is 9.69. The molecular weight excluding hydrogens is 206 g/mol. The number of amides is 1. The van der Waals surface area contributed by atoms with Gasteiger partial charge in [0.25, 0.3) is 0 Å². The number of terminal acetylenes is 1. The number of hydrogen-bond donors (Lipinski definition) is 2. The van der Waals surface area contributed by atoms with Gasteiger partial charge < -0.3 is 10.4 Å². The molecule has 2 N–H and O–H groups in total. The number of anilines is 1. The quantitative estimate of drug-likeness (QED) is 0.589. The molecule has 4 nitrogen and oxygen atoms in total. The van der Waals surface area contributed by atoms with Crippen LogP contribution in [0, 0.1) is 12.3 Å². The van der Waals surface area contributed by atoms with Gasteiger partial charge in [-0.15, -0.1) is 6.42 Å². The number of aliphatic carboxylic acids is 1. The Morgan fingerprint density at radius 1 is 1.38 bits per heavy atom. The molecule has 0 bridgehead atoms. The third-order valence-corrected chi connectivity index (χ3v) is 1.67. The largest absolute Gasteiger partial charge is 0.478 e. The number of carboxylic acids is 1. The highest BCUT2D eigenvalue weighted by Crippen LogP contribution is 2.09. The van der Waals surface area contributed by atoms with Crippen LogP contribution < -0.4 is 5.32 Å². The van der Waals surface area contributed by atoms with E-state index in [1.165, 1.54) is 0 Å². The van der Waals surface area contributed by atoms with Crippen LogP contribution in [0.1, 0.15) is 5.56 Å². The van der Waals surface area contributed by atoms with Crippen LogP contribution in [0.3, 0.4) is 0 Å². The van der Waals surface area contributed by atoms with Gasteiger partial charge in [0.1, 0.15) is 0 Å². The lowest BCUT2D eigenvalue weighted by Gasteiger charge is -2.01. The van der Waals surface area contributed by atoms with E-state index in [9.17, 15) is 9.59 Å². The van der Waals surface area contributed by atoms with E-state index in [4.69, 9.17) is 11.5 Å². The van der Waals surface area contributed by atoms with Gasteiger partial charge in [0.2, 0.25) is 5.91 Å². The number of rotatable bonds is 3. The number of nitrogens with one attached hydrogen (secondary N) is 1. The summed E-state index contributed by atoms with van der Waals surface area (Å²) in [5.74, 6) is 0.737. The molecule has 0 aliphatic carbocycles. The van der Waals surface area contributed by atoms with E-state index >= 15 is 0 Å². The molecule has 80 valence electrons. The molecule has 4 heteroatoms. The monoisotopic (exact) mass is 215 g/mol. The Balaban J connectivity index is 2.70. The zero-order valence-corrected chi connectivity index (χ0v) is 8.31. The third-order valence-electron chi connectivity index (χ3n) is 1.67. The summed E-state index contributed by atoms with van der Waals surface area (Å²) < 4.78 is 0. The van der Waals surface area contributed by atoms with E-state index < -0.39 is 11.9 Å². The summed E-state index contributed by atoms with van der Waals surface area (Å²) in [6, 6.07) is 6.70. The maximum Gasteiger partial charge on any atom is 0.328 e. The Kier molecular flexibility index (Phi) is 3.87. The Hall–Kier alpha value is -2.54. The Labute approximate surface area is 92.6 Å². The fourth-order valence-electron chi connectivity index (χ4n) is 1.02. The van der Waals surface area contributed by atoms with Gasteiger partial charge >= 0.3 is 5.97 Å². The number of hydrogen-bond acceptors (Lipinski definition) is 2. The van der Waals surface area contributed by atoms with E-state index in [-0.39, 0.29) is 0 Å². The molecule has 0 spiro atoms. The molecule has 1 amide bonds.